The van der Waals surface area contributed by atoms with Crippen LogP contribution in [0, 0.1) is 22.0 Å². The van der Waals surface area contributed by atoms with E-state index in [1.807, 2.05) is 41.4 Å². The number of rotatable bonds is 5. The molecule has 6 rings (SSSR count). The molecule has 3 aliphatic heterocycles. The lowest BCUT2D eigenvalue weighted by Gasteiger charge is -2.32. The normalized spacial score (nSPS) is 23.5. The highest BCUT2D eigenvalue weighted by atomic mass is 16.6. The second kappa shape index (κ2) is 8.41. The highest BCUT2D eigenvalue weighted by molar-refractivity contribution is 6.25. The number of methoxy groups -OCH3 is 1. The third-order valence-electron chi connectivity index (χ3n) is 7.37. The average Bonchev–Trinajstić information content (AvgIpc) is 3.38. The Morgan fingerprint density at radius 2 is 1.54 bits per heavy atom. The second-order valence-corrected chi connectivity index (χ2v) is 9.24. The fourth-order valence-electron chi connectivity index (χ4n) is 5.64. The monoisotopic (exact) mass is 495 g/mol. The van der Waals surface area contributed by atoms with Crippen LogP contribution in [0.4, 0.5) is 11.4 Å². The first-order valence-corrected chi connectivity index (χ1v) is 11.8. The van der Waals surface area contributed by atoms with Gasteiger partial charge >= 0.3 is 0 Å². The first kappa shape index (κ1) is 22.7. The molecule has 0 radical (unpaired) electrons. The molecule has 0 bridgehead atoms. The quantitative estimate of drug-likeness (QED) is 0.230. The number of nitro groups is 1. The first-order valence-electron chi connectivity index (χ1n) is 11.8. The molecule has 3 aromatic rings. The smallest absolute Gasteiger partial charge is 0.269 e. The topological polar surface area (TPSA) is 110 Å². The average molecular weight is 495 g/mol. The number of benzene rings is 3. The molecule has 37 heavy (non-hydrogen) atoms. The summed E-state index contributed by atoms with van der Waals surface area (Å²) in [6.45, 7) is 0. The van der Waals surface area contributed by atoms with Gasteiger partial charge in [-0.15, -0.1) is 0 Å². The molecule has 2 amide bonds. The Morgan fingerprint density at radius 1 is 0.892 bits per heavy atom. The van der Waals surface area contributed by atoms with Crippen molar-refractivity contribution >= 4 is 41.2 Å². The van der Waals surface area contributed by atoms with E-state index in [1.54, 1.807) is 24.3 Å². The minimum atomic E-state index is -0.944. The van der Waals surface area contributed by atoms with Crippen molar-refractivity contribution in [3.8, 4) is 5.75 Å². The van der Waals surface area contributed by atoms with Crippen LogP contribution in [0.25, 0.3) is 12.3 Å². The molecule has 0 unspecified atom stereocenters. The van der Waals surface area contributed by atoms with Crippen molar-refractivity contribution in [1.29, 1.82) is 0 Å². The van der Waals surface area contributed by atoms with E-state index in [9.17, 15) is 24.5 Å². The van der Waals surface area contributed by atoms with Crippen LogP contribution in [-0.4, -0.2) is 46.6 Å². The van der Waals surface area contributed by atoms with E-state index >= 15 is 0 Å². The van der Waals surface area contributed by atoms with E-state index in [0.29, 0.717) is 11.4 Å². The zero-order chi connectivity index (χ0) is 25.8. The highest BCUT2D eigenvalue weighted by Crippen LogP contribution is 2.46. The standard InChI is InChI=1S/C28H21N3O6/c1-37-21-12-10-19(11-13-21)30-27(33)23-22-14-17-4-2-3-5-18(17)15-29(22)25(24(23)28(30)34)26(32)16-6-8-20(9-7-16)31(35)36/h2-15,22-25H,1H3/t22-,23+,24+,25+/m0/s1. The zero-order valence-electron chi connectivity index (χ0n) is 19.7. The van der Waals surface area contributed by atoms with Gasteiger partial charge in [0.1, 0.15) is 11.8 Å². The fourth-order valence-corrected chi connectivity index (χ4v) is 5.64. The second-order valence-electron chi connectivity index (χ2n) is 9.24. The van der Waals surface area contributed by atoms with Gasteiger partial charge in [0.25, 0.3) is 5.69 Å². The largest absolute Gasteiger partial charge is 0.497 e. The molecule has 0 spiro atoms. The summed E-state index contributed by atoms with van der Waals surface area (Å²) in [5, 5.41) is 12.9. The number of ketones is 1. The lowest BCUT2D eigenvalue weighted by atomic mass is 9.86. The molecule has 2 saturated heterocycles. The van der Waals surface area contributed by atoms with Crippen molar-refractivity contribution in [3.63, 3.8) is 0 Å². The maximum atomic E-state index is 13.9. The van der Waals surface area contributed by atoms with E-state index in [1.165, 1.54) is 31.4 Å². The summed E-state index contributed by atoms with van der Waals surface area (Å²) < 4.78 is 5.19. The molecule has 9 nitrogen and oxygen atoms in total. The number of nitrogens with zero attached hydrogens (tertiary/aromatic N) is 3. The van der Waals surface area contributed by atoms with Crippen LogP contribution in [0.2, 0.25) is 0 Å². The van der Waals surface area contributed by atoms with Crippen molar-refractivity contribution in [2.24, 2.45) is 11.8 Å². The molecule has 0 saturated carbocycles. The van der Waals surface area contributed by atoms with Crippen molar-refractivity contribution in [2.75, 3.05) is 12.0 Å². The van der Waals surface area contributed by atoms with E-state index < -0.39 is 34.7 Å². The first-order chi connectivity index (χ1) is 17.9. The zero-order valence-corrected chi connectivity index (χ0v) is 19.7. The molecule has 0 aromatic heterocycles. The van der Waals surface area contributed by atoms with Crippen molar-refractivity contribution in [3.05, 3.63) is 98.9 Å². The van der Waals surface area contributed by atoms with Crippen molar-refractivity contribution in [1.82, 2.24) is 4.90 Å². The Kier molecular flexibility index (Phi) is 5.15. The van der Waals surface area contributed by atoms with Gasteiger partial charge in [0.15, 0.2) is 5.78 Å². The lowest BCUT2D eigenvalue weighted by Crippen LogP contribution is -2.49. The summed E-state index contributed by atoms with van der Waals surface area (Å²) in [6.07, 6.45) is 3.78. The minimum absolute atomic E-state index is 0.136. The van der Waals surface area contributed by atoms with Gasteiger partial charge in [-0.1, -0.05) is 30.3 Å². The molecular weight excluding hydrogens is 474 g/mol. The van der Waals surface area contributed by atoms with Gasteiger partial charge in [0, 0.05) is 23.9 Å². The number of ether oxygens (including phenoxy) is 1. The van der Waals surface area contributed by atoms with Crippen LogP contribution in [-0.2, 0) is 9.59 Å². The molecule has 9 heteroatoms. The van der Waals surface area contributed by atoms with Crippen molar-refractivity contribution in [2.45, 2.75) is 12.1 Å². The Hall–Kier alpha value is -4.79. The molecule has 3 heterocycles. The van der Waals surface area contributed by atoms with Crippen LogP contribution >= 0.6 is 0 Å². The van der Waals surface area contributed by atoms with E-state index in [4.69, 9.17) is 4.74 Å². The van der Waals surface area contributed by atoms with Crippen LogP contribution < -0.4 is 20.1 Å². The van der Waals surface area contributed by atoms with Gasteiger partial charge in [0.2, 0.25) is 11.8 Å². The van der Waals surface area contributed by atoms with Gasteiger partial charge in [-0.25, -0.2) is 4.90 Å². The number of hydrogen-bond acceptors (Lipinski definition) is 7. The molecule has 0 N–H and O–H groups in total. The predicted molar refractivity (Wildman–Crippen MR) is 134 cm³/mol. The summed E-state index contributed by atoms with van der Waals surface area (Å²) in [6, 6.07) is 18.2. The third kappa shape index (κ3) is 3.42. The Morgan fingerprint density at radius 3 is 2.19 bits per heavy atom. The number of amides is 2. The van der Waals surface area contributed by atoms with Gasteiger partial charge < -0.3 is 9.64 Å². The van der Waals surface area contributed by atoms with Crippen LogP contribution in [0.5, 0.6) is 5.75 Å². The third-order valence-corrected chi connectivity index (χ3v) is 7.37. The number of anilines is 1. The van der Waals surface area contributed by atoms with Crippen LogP contribution in [0.3, 0.4) is 0 Å². The molecule has 3 aliphatic rings. The number of non-ortho nitro benzene ring substituents is 1. The molecule has 0 aliphatic carbocycles. The number of carbonyl (C=O) groups is 3. The Labute approximate surface area is 211 Å². The van der Waals surface area contributed by atoms with Crippen molar-refractivity contribution < 1.29 is 24.0 Å². The summed E-state index contributed by atoms with van der Waals surface area (Å²) in [5.74, 6) is -2.25. The van der Waals surface area contributed by atoms with Crippen LogP contribution in [0.1, 0.15) is 10.4 Å². The number of carbonyl (C=O) groups excluding carboxylic acids is 3. The maximum absolute atomic E-state index is 13.9. The van der Waals surface area contributed by atoms with E-state index in [2.05, 4.69) is 0 Å². The maximum Gasteiger partial charge on any atom is 0.269 e. The minimum Gasteiger partial charge on any atom is -0.497 e. The lowest BCUT2D eigenvalue weighted by molar-refractivity contribution is -0.384. The van der Waals surface area contributed by atoms with Gasteiger partial charge in [-0.2, -0.15) is 0 Å². The molecule has 3 aromatic carbocycles. The summed E-state index contributed by atoms with van der Waals surface area (Å²) in [5.41, 5.74) is 0.521. The van der Waals surface area contributed by atoms with Crippen LogP contribution in [0.15, 0.2) is 72.8 Å². The highest BCUT2D eigenvalue weighted by Gasteiger charge is 2.63. The number of hydrogen-bond donors (Lipinski definition) is 0. The fraction of sp³-hybridized carbons (Fsp3) is 0.179. The number of nitro benzene ring substituents is 1. The summed E-state index contributed by atoms with van der Waals surface area (Å²) in [4.78, 5) is 55.0. The number of imide groups is 1. The van der Waals surface area contributed by atoms with Gasteiger partial charge in [-0.05, 0) is 46.8 Å². The molecule has 4 atom stereocenters. The Bertz CT molecular complexity index is 1580. The molecule has 184 valence electrons. The van der Waals surface area contributed by atoms with Gasteiger partial charge in [0.05, 0.1) is 35.6 Å². The van der Waals surface area contributed by atoms with E-state index in [0.717, 1.165) is 15.3 Å². The van der Waals surface area contributed by atoms with Gasteiger partial charge in [-0.3, -0.25) is 24.5 Å². The summed E-state index contributed by atoms with van der Waals surface area (Å²) >= 11 is 0. The molecular formula is C28H21N3O6. The SMILES string of the molecule is COc1ccc(N2C(=O)[C@@H]3[C@H](C2=O)[C@@H]2C=c4ccccc4=CN2[C@H]3C(=O)c2ccc([N+](=O)[O-])cc2)cc1. The molecule has 2 fully saturated rings. The predicted octanol–water partition coefficient (Wildman–Crippen LogP) is 1.88. The Balaban J connectivity index is 1.46. The number of fused-ring (bicyclic) bond motifs is 4. The van der Waals surface area contributed by atoms with E-state index in [-0.39, 0.29) is 22.9 Å². The summed E-state index contributed by atoms with van der Waals surface area (Å²) in [7, 11) is 1.53. The number of Topliss-reactive ketones (excluding diaryl/α,β-unsaturated/α-hetero) is 1.